The number of hydrogen-bond donors (Lipinski definition) is 3. The number of amides is 3. The Balaban J connectivity index is 1.99. The zero-order valence-corrected chi connectivity index (χ0v) is 13.8. The topological polar surface area (TPSA) is 88.7 Å². The SMILES string of the molecule is COc1ccc(OC)c(NC(=O)NNC(=O)c2ccccc2Cl)c1. The number of anilines is 1. The third kappa shape index (κ3) is 4.30. The molecule has 0 radical (unpaired) electrons. The largest absolute Gasteiger partial charge is 0.497 e. The van der Waals surface area contributed by atoms with E-state index in [-0.39, 0.29) is 10.6 Å². The van der Waals surface area contributed by atoms with Gasteiger partial charge in [0, 0.05) is 6.07 Å². The summed E-state index contributed by atoms with van der Waals surface area (Å²) in [6.07, 6.45) is 0. The van der Waals surface area contributed by atoms with Crippen molar-refractivity contribution in [3.05, 3.63) is 53.1 Å². The normalized spacial score (nSPS) is 9.79. The maximum Gasteiger partial charge on any atom is 0.338 e. The van der Waals surface area contributed by atoms with Crippen LogP contribution in [0.1, 0.15) is 10.4 Å². The van der Waals surface area contributed by atoms with Gasteiger partial charge in [-0.05, 0) is 24.3 Å². The van der Waals surface area contributed by atoms with Gasteiger partial charge < -0.3 is 14.8 Å². The van der Waals surface area contributed by atoms with Crippen molar-refractivity contribution in [2.24, 2.45) is 0 Å². The molecule has 0 aliphatic heterocycles. The second kappa shape index (κ2) is 8.07. The molecule has 7 nitrogen and oxygen atoms in total. The summed E-state index contributed by atoms with van der Waals surface area (Å²) in [5, 5.41) is 2.84. The number of carbonyl (C=O) groups is 2. The molecule has 24 heavy (non-hydrogen) atoms. The van der Waals surface area contributed by atoms with Gasteiger partial charge in [0.1, 0.15) is 11.5 Å². The molecule has 3 amide bonds. The summed E-state index contributed by atoms with van der Waals surface area (Å²) < 4.78 is 10.2. The van der Waals surface area contributed by atoms with Gasteiger partial charge in [-0.3, -0.25) is 10.2 Å². The van der Waals surface area contributed by atoms with Crippen LogP contribution in [0.5, 0.6) is 11.5 Å². The maximum absolute atomic E-state index is 12.0. The third-order valence-electron chi connectivity index (χ3n) is 3.06. The Hall–Kier alpha value is -2.93. The van der Waals surface area contributed by atoms with E-state index >= 15 is 0 Å². The minimum atomic E-state index is -0.651. The highest BCUT2D eigenvalue weighted by Gasteiger charge is 2.12. The van der Waals surface area contributed by atoms with Crippen molar-refractivity contribution in [3.8, 4) is 11.5 Å². The number of urea groups is 1. The lowest BCUT2D eigenvalue weighted by atomic mass is 10.2. The summed E-state index contributed by atoms with van der Waals surface area (Å²) in [6.45, 7) is 0. The minimum Gasteiger partial charge on any atom is -0.497 e. The number of benzene rings is 2. The molecule has 8 heteroatoms. The molecular weight excluding hydrogens is 334 g/mol. The van der Waals surface area contributed by atoms with Crippen LogP contribution in [-0.4, -0.2) is 26.2 Å². The first-order chi connectivity index (χ1) is 11.5. The first-order valence-electron chi connectivity index (χ1n) is 6.89. The molecule has 0 saturated heterocycles. The van der Waals surface area contributed by atoms with E-state index in [0.717, 1.165) is 0 Å². The molecular formula is C16H16ClN3O4. The maximum atomic E-state index is 12.0. The molecule has 0 spiro atoms. The molecule has 2 aromatic carbocycles. The van der Waals surface area contributed by atoms with Gasteiger partial charge in [-0.1, -0.05) is 23.7 Å². The van der Waals surface area contributed by atoms with E-state index in [1.54, 1.807) is 42.5 Å². The highest BCUT2D eigenvalue weighted by molar-refractivity contribution is 6.33. The second-order valence-corrected chi connectivity index (χ2v) is 4.99. The van der Waals surface area contributed by atoms with E-state index in [2.05, 4.69) is 16.2 Å². The smallest absolute Gasteiger partial charge is 0.338 e. The molecule has 0 atom stereocenters. The average Bonchev–Trinajstić information content (AvgIpc) is 2.60. The van der Waals surface area contributed by atoms with Gasteiger partial charge in [0.2, 0.25) is 0 Å². The number of hydrogen-bond acceptors (Lipinski definition) is 4. The van der Waals surface area contributed by atoms with Gasteiger partial charge >= 0.3 is 6.03 Å². The lowest BCUT2D eigenvalue weighted by Gasteiger charge is -2.13. The van der Waals surface area contributed by atoms with Crippen LogP contribution < -0.4 is 25.6 Å². The number of rotatable bonds is 4. The molecule has 0 aromatic heterocycles. The summed E-state index contributed by atoms with van der Waals surface area (Å²) in [5.41, 5.74) is 5.15. The van der Waals surface area contributed by atoms with Crippen molar-refractivity contribution in [2.75, 3.05) is 19.5 Å². The van der Waals surface area contributed by atoms with E-state index in [1.807, 2.05) is 0 Å². The van der Waals surface area contributed by atoms with Crippen LogP contribution >= 0.6 is 11.6 Å². The summed E-state index contributed by atoms with van der Waals surface area (Å²) in [5.74, 6) is 0.461. The number of ether oxygens (including phenoxy) is 2. The Morgan fingerprint density at radius 2 is 1.75 bits per heavy atom. The van der Waals surface area contributed by atoms with Crippen molar-refractivity contribution in [3.63, 3.8) is 0 Å². The predicted octanol–water partition coefficient (Wildman–Crippen LogP) is 2.82. The van der Waals surface area contributed by atoms with Crippen LogP contribution in [0.2, 0.25) is 5.02 Å². The number of halogens is 1. The standard InChI is InChI=1S/C16H16ClN3O4/c1-23-10-7-8-14(24-2)13(9-10)18-16(22)20-19-15(21)11-5-3-4-6-12(11)17/h3-9H,1-2H3,(H,19,21)(H2,18,20,22). The summed E-state index contributed by atoms with van der Waals surface area (Å²) >= 11 is 5.92. The summed E-state index contributed by atoms with van der Waals surface area (Å²) in [6, 6.07) is 10.8. The van der Waals surface area contributed by atoms with Crippen LogP contribution in [0, 0.1) is 0 Å². The molecule has 0 unspecified atom stereocenters. The summed E-state index contributed by atoms with van der Waals surface area (Å²) in [7, 11) is 2.99. The number of carbonyl (C=O) groups excluding carboxylic acids is 2. The van der Waals surface area contributed by atoms with Crippen LogP contribution in [-0.2, 0) is 0 Å². The quantitative estimate of drug-likeness (QED) is 0.740. The second-order valence-electron chi connectivity index (χ2n) is 4.58. The van der Waals surface area contributed by atoms with Crippen molar-refractivity contribution in [1.29, 1.82) is 0 Å². The zero-order chi connectivity index (χ0) is 17.5. The lowest BCUT2D eigenvalue weighted by molar-refractivity contribution is 0.0938. The molecule has 0 fully saturated rings. The van der Waals surface area contributed by atoms with E-state index in [0.29, 0.717) is 17.2 Å². The zero-order valence-electron chi connectivity index (χ0n) is 13.1. The molecule has 2 aromatic rings. The molecule has 0 saturated carbocycles. The Kier molecular flexibility index (Phi) is 5.86. The first kappa shape index (κ1) is 17.4. The van der Waals surface area contributed by atoms with E-state index in [1.165, 1.54) is 14.2 Å². The molecule has 126 valence electrons. The van der Waals surface area contributed by atoms with Crippen LogP contribution in [0.4, 0.5) is 10.5 Å². The molecule has 3 N–H and O–H groups in total. The van der Waals surface area contributed by atoms with Crippen molar-refractivity contribution < 1.29 is 19.1 Å². The van der Waals surface area contributed by atoms with E-state index < -0.39 is 11.9 Å². The average molecular weight is 350 g/mol. The Morgan fingerprint density at radius 1 is 1.00 bits per heavy atom. The highest BCUT2D eigenvalue weighted by atomic mass is 35.5. The van der Waals surface area contributed by atoms with Crippen LogP contribution in [0.3, 0.4) is 0 Å². The van der Waals surface area contributed by atoms with Crippen LogP contribution in [0.25, 0.3) is 0 Å². The van der Waals surface area contributed by atoms with Gasteiger partial charge in [0.15, 0.2) is 0 Å². The van der Waals surface area contributed by atoms with E-state index in [4.69, 9.17) is 21.1 Å². The van der Waals surface area contributed by atoms with Crippen LogP contribution in [0.15, 0.2) is 42.5 Å². The third-order valence-corrected chi connectivity index (χ3v) is 3.39. The van der Waals surface area contributed by atoms with Gasteiger partial charge in [-0.15, -0.1) is 0 Å². The number of hydrazine groups is 1. The summed E-state index contributed by atoms with van der Waals surface area (Å²) in [4.78, 5) is 23.9. The molecule has 0 heterocycles. The van der Waals surface area contributed by atoms with Crippen molar-refractivity contribution >= 4 is 29.2 Å². The fourth-order valence-corrected chi connectivity index (χ4v) is 2.11. The fourth-order valence-electron chi connectivity index (χ4n) is 1.89. The van der Waals surface area contributed by atoms with Gasteiger partial charge in [0.25, 0.3) is 5.91 Å². The van der Waals surface area contributed by atoms with Crippen molar-refractivity contribution in [1.82, 2.24) is 10.9 Å². The Bertz CT molecular complexity index is 752. The molecule has 0 aliphatic carbocycles. The molecule has 0 aliphatic rings. The lowest BCUT2D eigenvalue weighted by Crippen LogP contribution is -2.44. The van der Waals surface area contributed by atoms with Gasteiger partial charge in [-0.25, -0.2) is 10.2 Å². The Labute approximate surface area is 143 Å². The molecule has 2 rings (SSSR count). The van der Waals surface area contributed by atoms with Crippen molar-refractivity contribution in [2.45, 2.75) is 0 Å². The first-order valence-corrected chi connectivity index (χ1v) is 7.27. The van der Waals surface area contributed by atoms with Gasteiger partial charge in [0.05, 0.1) is 30.5 Å². The van der Waals surface area contributed by atoms with Gasteiger partial charge in [-0.2, -0.15) is 0 Å². The minimum absolute atomic E-state index is 0.249. The number of nitrogens with one attached hydrogen (secondary N) is 3. The fraction of sp³-hybridized carbons (Fsp3) is 0.125. The Morgan fingerprint density at radius 3 is 2.42 bits per heavy atom. The van der Waals surface area contributed by atoms with E-state index in [9.17, 15) is 9.59 Å². The highest BCUT2D eigenvalue weighted by Crippen LogP contribution is 2.28. The number of methoxy groups -OCH3 is 2. The monoisotopic (exact) mass is 349 g/mol. The molecule has 0 bridgehead atoms. The predicted molar refractivity (Wildman–Crippen MR) is 90.6 cm³/mol.